The van der Waals surface area contributed by atoms with E-state index in [1.54, 1.807) is 0 Å². The lowest BCUT2D eigenvalue weighted by molar-refractivity contribution is -0.140. The molecule has 0 radical (unpaired) electrons. The molecule has 8 heteroatoms. The van der Waals surface area contributed by atoms with Crippen LogP contribution < -0.4 is 0 Å². The molecule has 0 fully saturated rings. The normalized spacial score (nSPS) is 11.4. The van der Waals surface area contributed by atoms with Crippen LogP contribution in [0.2, 0.25) is 10.2 Å². The highest BCUT2D eigenvalue weighted by Crippen LogP contribution is 2.22. The maximum Gasteiger partial charge on any atom is 0.406 e. The molecule has 1 amide bonds. The SMILES string of the molecule is CCN(CC(F)(F)F)C(=O)c1cnc(Cl)c(Cl)c1. The number of carbonyl (C=O) groups is 1. The number of alkyl halides is 3. The van der Waals surface area contributed by atoms with Crippen molar-refractivity contribution in [2.75, 3.05) is 13.1 Å². The number of rotatable bonds is 3. The third-order valence-corrected chi connectivity index (χ3v) is 2.77. The van der Waals surface area contributed by atoms with Gasteiger partial charge in [0, 0.05) is 12.7 Å². The van der Waals surface area contributed by atoms with Crippen molar-refractivity contribution in [1.29, 1.82) is 0 Å². The molecule has 0 bridgehead atoms. The Balaban J connectivity index is 2.93. The van der Waals surface area contributed by atoms with Crippen LogP contribution in [0.4, 0.5) is 13.2 Å². The number of carbonyl (C=O) groups excluding carboxylic acids is 1. The fraction of sp³-hybridized carbons (Fsp3) is 0.400. The minimum Gasteiger partial charge on any atom is -0.330 e. The second-order valence-corrected chi connectivity index (χ2v) is 4.20. The molecule has 0 aromatic carbocycles. The van der Waals surface area contributed by atoms with E-state index in [2.05, 4.69) is 4.98 Å². The summed E-state index contributed by atoms with van der Waals surface area (Å²) in [5.41, 5.74) is -0.0319. The molecule has 1 aromatic rings. The lowest BCUT2D eigenvalue weighted by Gasteiger charge is -2.22. The molecule has 3 nitrogen and oxygen atoms in total. The summed E-state index contributed by atoms with van der Waals surface area (Å²) in [6, 6.07) is 1.19. The first kappa shape index (κ1) is 15.0. The number of hydrogen-bond donors (Lipinski definition) is 0. The summed E-state index contributed by atoms with van der Waals surface area (Å²) in [4.78, 5) is 16.1. The third kappa shape index (κ3) is 4.03. The zero-order valence-electron chi connectivity index (χ0n) is 9.26. The Kier molecular flexibility index (Phi) is 4.81. The van der Waals surface area contributed by atoms with Crippen molar-refractivity contribution < 1.29 is 18.0 Å². The average Bonchev–Trinajstić information content (AvgIpc) is 2.27. The smallest absolute Gasteiger partial charge is 0.330 e. The van der Waals surface area contributed by atoms with E-state index in [1.165, 1.54) is 13.0 Å². The standard InChI is InChI=1S/C10H9Cl2F3N2O/c1-2-17(5-10(13,14)15)9(18)6-3-7(11)8(12)16-4-6/h3-4H,2,5H2,1H3. The van der Waals surface area contributed by atoms with E-state index in [9.17, 15) is 18.0 Å². The van der Waals surface area contributed by atoms with Gasteiger partial charge < -0.3 is 4.90 Å². The van der Waals surface area contributed by atoms with Crippen molar-refractivity contribution in [1.82, 2.24) is 9.88 Å². The first-order valence-corrected chi connectivity index (χ1v) is 5.67. The van der Waals surface area contributed by atoms with Gasteiger partial charge in [-0.15, -0.1) is 0 Å². The monoisotopic (exact) mass is 300 g/mol. The minimum absolute atomic E-state index is 0.00733. The van der Waals surface area contributed by atoms with Gasteiger partial charge >= 0.3 is 6.18 Å². The number of pyridine rings is 1. The molecule has 0 atom stereocenters. The Morgan fingerprint density at radius 1 is 1.44 bits per heavy atom. The van der Waals surface area contributed by atoms with E-state index in [0.29, 0.717) is 4.90 Å². The number of halogens is 5. The molecule has 1 aromatic heterocycles. The van der Waals surface area contributed by atoms with Crippen LogP contribution >= 0.6 is 23.2 Å². The molecule has 1 heterocycles. The summed E-state index contributed by atoms with van der Waals surface area (Å²) < 4.78 is 36.8. The van der Waals surface area contributed by atoms with Gasteiger partial charge in [-0.25, -0.2) is 4.98 Å². The van der Waals surface area contributed by atoms with E-state index in [4.69, 9.17) is 23.2 Å². The molecule has 1 rings (SSSR count). The molecule has 0 saturated carbocycles. The fourth-order valence-electron chi connectivity index (χ4n) is 1.26. The van der Waals surface area contributed by atoms with Crippen LogP contribution in [0, 0.1) is 0 Å². The molecule has 0 unspecified atom stereocenters. The second kappa shape index (κ2) is 5.75. The van der Waals surface area contributed by atoms with Gasteiger partial charge in [0.05, 0.1) is 10.6 Å². The number of nitrogens with zero attached hydrogens (tertiary/aromatic N) is 2. The first-order chi connectivity index (χ1) is 8.24. The summed E-state index contributed by atoms with van der Waals surface area (Å²) in [6.45, 7) is 0.0652. The van der Waals surface area contributed by atoms with Crippen molar-refractivity contribution in [3.63, 3.8) is 0 Å². The summed E-state index contributed by atoms with van der Waals surface area (Å²) >= 11 is 11.2. The van der Waals surface area contributed by atoms with Crippen molar-refractivity contribution >= 4 is 29.1 Å². The lowest BCUT2D eigenvalue weighted by Crippen LogP contribution is -2.38. The minimum atomic E-state index is -4.45. The Morgan fingerprint density at radius 3 is 2.50 bits per heavy atom. The van der Waals surface area contributed by atoms with Crippen LogP contribution in [-0.2, 0) is 0 Å². The zero-order valence-corrected chi connectivity index (χ0v) is 10.8. The van der Waals surface area contributed by atoms with E-state index < -0.39 is 18.6 Å². The van der Waals surface area contributed by atoms with Gasteiger partial charge in [-0.3, -0.25) is 4.79 Å². The van der Waals surface area contributed by atoms with E-state index >= 15 is 0 Å². The van der Waals surface area contributed by atoms with Crippen LogP contribution in [0.25, 0.3) is 0 Å². The lowest BCUT2D eigenvalue weighted by atomic mass is 10.2. The molecular weight excluding hydrogens is 292 g/mol. The molecule has 0 spiro atoms. The van der Waals surface area contributed by atoms with E-state index in [0.717, 1.165) is 6.20 Å². The van der Waals surface area contributed by atoms with Crippen LogP contribution in [0.5, 0.6) is 0 Å². The topological polar surface area (TPSA) is 33.2 Å². The van der Waals surface area contributed by atoms with Gasteiger partial charge in [0.2, 0.25) is 0 Å². The highest BCUT2D eigenvalue weighted by molar-refractivity contribution is 6.41. The van der Waals surface area contributed by atoms with E-state index in [-0.39, 0.29) is 22.3 Å². The van der Waals surface area contributed by atoms with Crippen LogP contribution in [-0.4, -0.2) is 35.1 Å². The van der Waals surface area contributed by atoms with Crippen molar-refractivity contribution in [2.45, 2.75) is 13.1 Å². The molecule has 0 saturated heterocycles. The number of aromatic nitrogens is 1. The van der Waals surface area contributed by atoms with Gasteiger partial charge in [-0.05, 0) is 13.0 Å². The summed E-state index contributed by atoms with van der Waals surface area (Å²) in [6.07, 6.45) is -3.36. The molecular formula is C10H9Cl2F3N2O. The summed E-state index contributed by atoms with van der Waals surface area (Å²) in [7, 11) is 0. The second-order valence-electron chi connectivity index (χ2n) is 3.43. The molecule has 100 valence electrons. The fourth-order valence-corrected chi connectivity index (χ4v) is 1.53. The predicted octanol–water partition coefficient (Wildman–Crippen LogP) is 3.41. The van der Waals surface area contributed by atoms with Gasteiger partial charge in [0.25, 0.3) is 5.91 Å². The Labute approximate surface area is 112 Å². The molecule has 0 N–H and O–H groups in total. The predicted molar refractivity (Wildman–Crippen MR) is 61.9 cm³/mol. The van der Waals surface area contributed by atoms with Crippen molar-refractivity contribution in [3.8, 4) is 0 Å². The van der Waals surface area contributed by atoms with Gasteiger partial charge in [0.1, 0.15) is 11.7 Å². The zero-order chi connectivity index (χ0) is 13.9. The number of hydrogen-bond acceptors (Lipinski definition) is 2. The Hall–Kier alpha value is -1.01. The van der Waals surface area contributed by atoms with Crippen molar-refractivity contribution in [3.05, 3.63) is 28.0 Å². The Morgan fingerprint density at radius 2 is 2.06 bits per heavy atom. The van der Waals surface area contributed by atoms with Crippen molar-refractivity contribution in [2.24, 2.45) is 0 Å². The quantitative estimate of drug-likeness (QED) is 0.802. The molecule has 0 aliphatic carbocycles. The van der Waals surface area contributed by atoms with Gasteiger partial charge in [-0.1, -0.05) is 23.2 Å². The number of amides is 1. The summed E-state index contributed by atoms with van der Waals surface area (Å²) in [5, 5.41) is 0.0117. The molecule has 0 aliphatic rings. The van der Waals surface area contributed by atoms with Crippen LogP contribution in [0.3, 0.4) is 0 Å². The highest BCUT2D eigenvalue weighted by Gasteiger charge is 2.32. The third-order valence-electron chi connectivity index (χ3n) is 2.08. The Bertz CT molecular complexity index is 451. The average molecular weight is 301 g/mol. The molecule has 18 heavy (non-hydrogen) atoms. The molecule has 0 aliphatic heterocycles. The first-order valence-electron chi connectivity index (χ1n) is 4.91. The van der Waals surface area contributed by atoms with Crippen LogP contribution in [0.15, 0.2) is 12.3 Å². The van der Waals surface area contributed by atoms with Gasteiger partial charge in [0.15, 0.2) is 0 Å². The maximum atomic E-state index is 12.3. The van der Waals surface area contributed by atoms with Gasteiger partial charge in [-0.2, -0.15) is 13.2 Å². The van der Waals surface area contributed by atoms with Crippen LogP contribution in [0.1, 0.15) is 17.3 Å². The van der Waals surface area contributed by atoms with E-state index in [1.807, 2.05) is 0 Å². The largest absolute Gasteiger partial charge is 0.406 e. The maximum absolute atomic E-state index is 12.3. The summed E-state index contributed by atoms with van der Waals surface area (Å²) in [5.74, 6) is -0.791. The highest BCUT2D eigenvalue weighted by atomic mass is 35.5.